The van der Waals surface area contributed by atoms with E-state index in [4.69, 9.17) is 0 Å². The first kappa shape index (κ1) is 18.8. The molecule has 0 aliphatic heterocycles. The number of hydrogen-bond donors (Lipinski definition) is 1. The summed E-state index contributed by atoms with van der Waals surface area (Å²) in [6.45, 7) is 0. The number of Topliss-reactive ketones (excluding diaryl/α,β-unsaturated/α-hetero) is 1. The Bertz CT molecular complexity index is 1310. The molecule has 2 heteroatoms. The Morgan fingerprint density at radius 1 is 0.774 bits per heavy atom. The Labute approximate surface area is 182 Å². The SMILES string of the molecule is O=C(c1ccc2ccccc2c1)[C@H]1[C@@H]2CCC[C@@H]2C[C@]1(O)c1ccc2ccccc2c1. The monoisotopic (exact) mass is 406 g/mol. The third-order valence-corrected chi connectivity index (χ3v) is 7.80. The second-order valence-electron chi connectivity index (χ2n) is 9.45. The molecule has 4 aromatic rings. The van der Waals surface area contributed by atoms with E-state index in [1.807, 2.05) is 48.5 Å². The number of fused-ring (bicyclic) bond motifs is 3. The Kier molecular flexibility index (Phi) is 4.26. The Hall–Kier alpha value is -2.97. The number of ketones is 1. The van der Waals surface area contributed by atoms with Crippen molar-refractivity contribution in [2.75, 3.05) is 0 Å². The zero-order valence-corrected chi connectivity index (χ0v) is 17.5. The fourth-order valence-corrected chi connectivity index (χ4v) is 6.33. The molecule has 0 aromatic heterocycles. The highest BCUT2D eigenvalue weighted by Gasteiger charge is 2.57. The van der Waals surface area contributed by atoms with Gasteiger partial charge in [-0.05, 0) is 63.9 Å². The highest BCUT2D eigenvalue weighted by Crippen LogP contribution is 2.57. The minimum atomic E-state index is -1.11. The summed E-state index contributed by atoms with van der Waals surface area (Å²) >= 11 is 0. The molecule has 6 rings (SSSR count). The molecule has 0 saturated heterocycles. The van der Waals surface area contributed by atoms with Crippen molar-refractivity contribution in [2.45, 2.75) is 31.3 Å². The van der Waals surface area contributed by atoms with Crippen LogP contribution in [-0.4, -0.2) is 10.9 Å². The van der Waals surface area contributed by atoms with Crippen molar-refractivity contribution < 1.29 is 9.90 Å². The van der Waals surface area contributed by atoms with Crippen molar-refractivity contribution in [3.63, 3.8) is 0 Å². The maximum absolute atomic E-state index is 13.9. The van der Waals surface area contributed by atoms with Crippen molar-refractivity contribution in [3.05, 3.63) is 96.1 Å². The molecular weight excluding hydrogens is 380 g/mol. The number of benzene rings is 4. The zero-order chi connectivity index (χ0) is 21.0. The summed E-state index contributed by atoms with van der Waals surface area (Å²) < 4.78 is 0. The van der Waals surface area contributed by atoms with Crippen molar-refractivity contribution >= 4 is 27.3 Å². The van der Waals surface area contributed by atoms with Crippen LogP contribution >= 0.6 is 0 Å². The minimum absolute atomic E-state index is 0.0933. The van der Waals surface area contributed by atoms with Crippen LogP contribution in [0, 0.1) is 17.8 Å². The summed E-state index contributed by atoms with van der Waals surface area (Å²) in [6, 6.07) is 28.5. The summed E-state index contributed by atoms with van der Waals surface area (Å²) in [5.41, 5.74) is 0.498. The molecule has 31 heavy (non-hydrogen) atoms. The van der Waals surface area contributed by atoms with Gasteiger partial charge in [-0.25, -0.2) is 0 Å². The number of carbonyl (C=O) groups excluding carboxylic acids is 1. The third kappa shape index (κ3) is 2.93. The van der Waals surface area contributed by atoms with Gasteiger partial charge in [0.2, 0.25) is 0 Å². The molecule has 2 aliphatic carbocycles. The van der Waals surface area contributed by atoms with Gasteiger partial charge in [0.1, 0.15) is 5.60 Å². The first-order chi connectivity index (χ1) is 15.1. The van der Waals surface area contributed by atoms with Gasteiger partial charge in [-0.2, -0.15) is 0 Å². The van der Waals surface area contributed by atoms with E-state index in [1.165, 1.54) is 0 Å². The molecule has 4 aromatic carbocycles. The van der Waals surface area contributed by atoms with Gasteiger partial charge in [-0.1, -0.05) is 85.6 Å². The number of hydrogen-bond acceptors (Lipinski definition) is 2. The van der Waals surface area contributed by atoms with Gasteiger partial charge in [0, 0.05) is 5.56 Å². The fraction of sp³-hybridized carbons (Fsp3) is 0.276. The smallest absolute Gasteiger partial charge is 0.169 e. The lowest BCUT2D eigenvalue weighted by Crippen LogP contribution is -2.38. The third-order valence-electron chi connectivity index (χ3n) is 7.80. The molecule has 0 unspecified atom stereocenters. The average Bonchev–Trinajstić information content (AvgIpc) is 3.36. The van der Waals surface area contributed by atoms with Gasteiger partial charge in [0.05, 0.1) is 5.92 Å². The Morgan fingerprint density at radius 3 is 2.16 bits per heavy atom. The molecule has 2 aliphatic rings. The maximum Gasteiger partial charge on any atom is 0.169 e. The normalized spacial score (nSPS) is 27.6. The van der Waals surface area contributed by atoms with E-state index in [1.54, 1.807) is 0 Å². The lowest BCUT2D eigenvalue weighted by molar-refractivity contribution is -0.00704. The highest BCUT2D eigenvalue weighted by molar-refractivity contribution is 6.02. The molecule has 154 valence electrons. The summed E-state index contributed by atoms with van der Waals surface area (Å²) in [5, 5.41) is 16.6. The van der Waals surface area contributed by atoms with E-state index in [0.29, 0.717) is 12.3 Å². The molecular formula is C29H26O2. The van der Waals surface area contributed by atoms with Gasteiger partial charge < -0.3 is 5.11 Å². The van der Waals surface area contributed by atoms with Crippen LogP contribution < -0.4 is 0 Å². The molecule has 0 radical (unpaired) electrons. The van der Waals surface area contributed by atoms with Crippen molar-refractivity contribution in [1.82, 2.24) is 0 Å². The lowest BCUT2D eigenvalue weighted by atomic mass is 9.75. The molecule has 1 N–H and O–H groups in total. The van der Waals surface area contributed by atoms with E-state index in [0.717, 1.165) is 51.9 Å². The van der Waals surface area contributed by atoms with Gasteiger partial charge in [0.15, 0.2) is 5.78 Å². The molecule has 4 atom stereocenters. The molecule has 0 bridgehead atoms. The van der Waals surface area contributed by atoms with Crippen molar-refractivity contribution in [2.24, 2.45) is 17.8 Å². The van der Waals surface area contributed by atoms with Crippen LogP contribution in [-0.2, 0) is 5.60 Å². The van der Waals surface area contributed by atoms with E-state index >= 15 is 0 Å². The van der Waals surface area contributed by atoms with E-state index in [9.17, 15) is 9.90 Å². The molecule has 2 nitrogen and oxygen atoms in total. The molecule has 2 fully saturated rings. The topological polar surface area (TPSA) is 37.3 Å². The predicted octanol–water partition coefficient (Wildman–Crippen LogP) is 6.50. The van der Waals surface area contributed by atoms with Gasteiger partial charge in [-0.15, -0.1) is 0 Å². The summed E-state index contributed by atoms with van der Waals surface area (Å²) in [4.78, 5) is 13.9. The van der Waals surface area contributed by atoms with E-state index in [2.05, 4.69) is 36.4 Å². The van der Waals surface area contributed by atoms with Crippen molar-refractivity contribution in [3.8, 4) is 0 Å². The lowest BCUT2D eigenvalue weighted by Gasteiger charge is -2.32. The standard InChI is InChI=1S/C29H26O2/c30-28(23-13-12-19-6-1-3-8-21(19)16-23)27-26-11-5-10-24(26)18-29(27,31)25-15-14-20-7-2-4-9-22(20)17-25/h1-4,6-9,12-17,24,26-27,31H,5,10-11,18H2/t24-,26-,27-,29+/m1/s1. The fourth-order valence-electron chi connectivity index (χ4n) is 6.33. The quantitative estimate of drug-likeness (QED) is 0.394. The van der Waals surface area contributed by atoms with Gasteiger partial charge >= 0.3 is 0 Å². The van der Waals surface area contributed by atoms with Crippen LogP contribution in [0.25, 0.3) is 21.5 Å². The van der Waals surface area contributed by atoms with E-state index in [-0.39, 0.29) is 17.6 Å². The molecule has 0 heterocycles. The van der Waals surface area contributed by atoms with Crippen molar-refractivity contribution in [1.29, 1.82) is 0 Å². The summed E-state index contributed by atoms with van der Waals surface area (Å²) in [7, 11) is 0. The molecule has 2 saturated carbocycles. The van der Waals surface area contributed by atoms with Crippen LogP contribution in [0.15, 0.2) is 84.9 Å². The number of rotatable bonds is 3. The molecule has 0 spiro atoms. The summed E-state index contributed by atoms with van der Waals surface area (Å²) in [5.74, 6) is 0.388. The van der Waals surface area contributed by atoms with Gasteiger partial charge in [0.25, 0.3) is 0 Å². The average molecular weight is 407 g/mol. The van der Waals surface area contributed by atoms with Crippen LogP contribution in [0.5, 0.6) is 0 Å². The van der Waals surface area contributed by atoms with Crippen LogP contribution in [0.2, 0.25) is 0 Å². The second-order valence-corrected chi connectivity index (χ2v) is 9.45. The number of aliphatic hydroxyl groups is 1. The van der Waals surface area contributed by atoms with E-state index < -0.39 is 5.60 Å². The molecule has 0 amide bonds. The number of carbonyl (C=O) groups is 1. The Morgan fingerprint density at radius 2 is 1.42 bits per heavy atom. The van der Waals surface area contributed by atoms with Crippen LogP contribution in [0.3, 0.4) is 0 Å². The minimum Gasteiger partial charge on any atom is -0.384 e. The Balaban J connectivity index is 1.46. The predicted molar refractivity (Wildman–Crippen MR) is 125 cm³/mol. The van der Waals surface area contributed by atoms with Crippen LogP contribution in [0.1, 0.15) is 41.6 Å². The maximum atomic E-state index is 13.9. The first-order valence-corrected chi connectivity index (χ1v) is 11.4. The van der Waals surface area contributed by atoms with Crippen LogP contribution in [0.4, 0.5) is 0 Å². The van der Waals surface area contributed by atoms with Gasteiger partial charge in [-0.3, -0.25) is 4.79 Å². The first-order valence-electron chi connectivity index (χ1n) is 11.4. The summed E-state index contributed by atoms with van der Waals surface area (Å²) in [6.07, 6.45) is 3.98. The zero-order valence-electron chi connectivity index (χ0n) is 17.5. The second kappa shape index (κ2) is 7.03. The largest absolute Gasteiger partial charge is 0.384 e. The highest BCUT2D eigenvalue weighted by atomic mass is 16.3.